The number of benzene rings is 7. The summed E-state index contributed by atoms with van der Waals surface area (Å²) in [6.07, 6.45) is 0. The lowest BCUT2D eigenvalue weighted by Gasteiger charge is -2.13. The molecule has 0 saturated heterocycles. The normalized spacial score (nSPS) is 11.6. The van der Waals surface area contributed by atoms with Crippen LogP contribution in [0, 0.1) is 0 Å². The van der Waals surface area contributed by atoms with Gasteiger partial charge in [0.2, 0.25) is 0 Å². The molecule has 1 N–H and O–H groups in total. The van der Waals surface area contributed by atoms with Crippen LogP contribution in [0.3, 0.4) is 0 Å². The second-order valence-corrected chi connectivity index (χ2v) is 8.63. The van der Waals surface area contributed by atoms with Crippen LogP contribution in [0.15, 0.2) is 121 Å². The molecule has 1 heterocycles. The molecule has 33 heavy (non-hydrogen) atoms. The van der Waals surface area contributed by atoms with Gasteiger partial charge in [0.05, 0.1) is 0 Å². The Morgan fingerprint density at radius 3 is 1.03 bits per heavy atom. The van der Waals surface area contributed by atoms with E-state index in [1.54, 1.807) is 0 Å². The van der Waals surface area contributed by atoms with Crippen molar-refractivity contribution in [3.63, 3.8) is 0 Å². The maximum Gasteiger partial charge on any atom is 0.0464 e. The average molecular weight is 420 g/mol. The van der Waals surface area contributed by atoms with Crippen molar-refractivity contribution in [3.05, 3.63) is 121 Å². The molecule has 0 bridgehead atoms. The Morgan fingerprint density at radius 2 is 0.636 bits per heavy atom. The molecule has 1 nitrogen and oxygen atoms in total. The van der Waals surface area contributed by atoms with Crippen molar-refractivity contribution in [1.29, 1.82) is 0 Å². The Hall–Kier alpha value is -4.36. The van der Waals surface area contributed by atoms with Crippen molar-refractivity contribution in [2.45, 2.75) is 0 Å². The van der Waals surface area contributed by atoms with E-state index in [2.05, 4.69) is 126 Å². The number of nitrogens with one attached hydrogen (secondary N) is 1. The Kier molecular flexibility index (Phi) is 3.91. The summed E-state index contributed by atoms with van der Waals surface area (Å²) in [6.45, 7) is 0. The van der Waals surface area contributed by atoms with Crippen LogP contribution in [0.4, 0.5) is 0 Å². The Labute approximate surface area is 191 Å². The van der Waals surface area contributed by atoms with Gasteiger partial charge in [0.1, 0.15) is 0 Å². The number of rotatable bonds is 0. The molecular weight excluding hydrogens is 398 g/mol. The van der Waals surface area contributed by atoms with Crippen LogP contribution >= 0.6 is 0 Å². The van der Waals surface area contributed by atoms with Gasteiger partial charge in [0.15, 0.2) is 0 Å². The molecule has 0 aliphatic heterocycles. The topological polar surface area (TPSA) is 15.8 Å². The molecule has 1 aromatic heterocycles. The summed E-state index contributed by atoms with van der Waals surface area (Å²) in [5.74, 6) is 0. The van der Waals surface area contributed by atoms with Gasteiger partial charge in [0, 0.05) is 21.8 Å². The molecular formula is C32H21N. The van der Waals surface area contributed by atoms with Crippen LogP contribution in [-0.2, 0) is 0 Å². The zero-order chi connectivity index (χ0) is 21.8. The van der Waals surface area contributed by atoms with Gasteiger partial charge in [-0.05, 0) is 55.2 Å². The van der Waals surface area contributed by atoms with Crippen molar-refractivity contribution in [1.82, 2.24) is 4.98 Å². The maximum atomic E-state index is 3.38. The molecule has 0 atom stereocenters. The van der Waals surface area contributed by atoms with Gasteiger partial charge in [-0.3, -0.25) is 0 Å². The highest BCUT2D eigenvalue weighted by Gasteiger charge is 2.11. The number of fused-ring (bicyclic) bond motifs is 5. The largest absolute Gasteiger partial charge is 0.355 e. The molecule has 0 spiro atoms. The van der Waals surface area contributed by atoms with Crippen LogP contribution in [0.1, 0.15) is 0 Å². The number of hydrogen-bond donors (Lipinski definition) is 1. The molecule has 8 aromatic rings. The third kappa shape index (κ3) is 2.73. The highest BCUT2D eigenvalue weighted by molar-refractivity contribution is 6.32. The minimum Gasteiger partial charge on any atom is -0.355 e. The van der Waals surface area contributed by atoms with Crippen molar-refractivity contribution in [2.24, 2.45) is 0 Å². The van der Waals surface area contributed by atoms with Crippen LogP contribution in [0.25, 0.3) is 64.9 Å². The molecule has 0 saturated carbocycles. The second kappa shape index (κ2) is 7.08. The van der Waals surface area contributed by atoms with Crippen molar-refractivity contribution >= 4 is 64.9 Å². The first-order valence-electron chi connectivity index (χ1n) is 11.4. The SMILES string of the molecule is c1cc2cccc3c4cccc5cccc(c(c1)c23)c54.c1ccc2c(c1)[nH]c1ccccc12. The van der Waals surface area contributed by atoms with Crippen molar-refractivity contribution in [2.75, 3.05) is 0 Å². The van der Waals surface area contributed by atoms with E-state index in [0.717, 1.165) is 0 Å². The fraction of sp³-hybridized carbons (Fsp3) is 0. The smallest absolute Gasteiger partial charge is 0.0464 e. The second-order valence-electron chi connectivity index (χ2n) is 8.63. The molecule has 0 fully saturated rings. The highest BCUT2D eigenvalue weighted by Crippen LogP contribution is 2.39. The summed E-state index contributed by atoms with van der Waals surface area (Å²) >= 11 is 0. The van der Waals surface area contributed by atoms with E-state index in [9.17, 15) is 0 Å². The number of para-hydroxylation sites is 2. The Morgan fingerprint density at radius 1 is 0.303 bits per heavy atom. The van der Waals surface area contributed by atoms with Gasteiger partial charge in [-0.1, -0.05) is 109 Å². The zero-order valence-electron chi connectivity index (χ0n) is 18.0. The van der Waals surface area contributed by atoms with Crippen LogP contribution < -0.4 is 0 Å². The lowest BCUT2D eigenvalue weighted by atomic mass is 9.90. The quantitative estimate of drug-likeness (QED) is 0.186. The molecule has 0 amide bonds. The van der Waals surface area contributed by atoms with Crippen LogP contribution in [0.5, 0.6) is 0 Å². The summed E-state index contributed by atoms with van der Waals surface area (Å²) in [7, 11) is 0. The molecule has 0 unspecified atom stereocenters. The number of H-pyrrole nitrogens is 1. The minimum atomic E-state index is 1.21. The lowest BCUT2D eigenvalue weighted by molar-refractivity contribution is 1.55. The standard InChI is InChI=1S/C20H12.C12H9N/c1-5-13-6-2-11-17-18-12-4-8-14-7-3-10-16(20(14)18)15(9-1)19(13)17;1-3-7-11-9(5-1)10-6-2-4-8-12(10)13-11/h1-12H;1-8,13H. The zero-order valence-corrected chi connectivity index (χ0v) is 18.0. The van der Waals surface area contributed by atoms with E-state index in [4.69, 9.17) is 0 Å². The first kappa shape index (κ1) is 18.2. The molecule has 0 radical (unpaired) electrons. The van der Waals surface area contributed by atoms with Gasteiger partial charge in [-0.25, -0.2) is 0 Å². The first-order chi connectivity index (χ1) is 16.4. The molecule has 0 aliphatic rings. The summed E-state index contributed by atoms with van der Waals surface area (Å²) < 4.78 is 0. The fourth-order valence-corrected chi connectivity index (χ4v) is 5.38. The third-order valence-corrected chi connectivity index (χ3v) is 6.80. The molecule has 0 aliphatic carbocycles. The van der Waals surface area contributed by atoms with Gasteiger partial charge < -0.3 is 4.98 Å². The van der Waals surface area contributed by atoms with Crippen molar-refractivity contribution < 1.29 is 0 Å². The number of hydrogen-bond acceptors (Lipinski definition) is 0. The van der Waals surface area contributed by atoms with E-state index in [1.807, 2.05) is 0 Å². The van der Waals surface area contributed by atoms with Crippen molar-refractivity contribution in [3.8, 4) is 0 Å². The van der Waals surface area contributed by atoms with E-state index in [0.29, 0.717) is 0 Å². The maximum absolute atomic E-state index is 3.38. The third-order valence-electron chi connectivity index (χ3n) is 6.80. The molecule has 154 valence electrons. The first-order valence-corrected chi connectivity index (χ1v) is 11.4. The van der Waals surface area contributed by atoms with Gasteiger partial charge in [-0.15, -0.1) is 0 Å². The molecule has 8 rings (SSSR count). The summed E-state index contributed by atoms with van der Waals surface area (Å²) in [4.78, 5) is 3.38. The van der Waals surface area contributed by atoms with Crippen LogP contribution in [-0.4, -0.2) is 4.98 Å². The van der Waals surface area contributed by atoms with Gasteiger partial charge >= 0.3 is 0 Å². The predicted molar refractivity (Wildman–Crippen MR) is 143 cm³/mol. The van der Waals surface area contributed by atoms with Gasteiger partial charge in [-0.2, -0.15) is 0 Å². The lowest BCUT2D eigenvalue weighted by Crippen LogP contribution is -1.85. The fourth-order valence-electron chi connectivity index (χ4n) is 5.38. The highest BCUT2D eigenvalue weighted by atomic mass is 14.7. The summed E-state index contributed by atoms with van der Waals surface area (Å²) in [6, 6.07) is 43.2. The summed E-state index contributed by atoms with van der Waals surface area (Å²) in [5.41, 5.74) is 2.42. The average Bonchev–Trinajstić information content (AvgIpc) is 3.26. The predicted octanol–water partition coefficient (Wildman–Crippen LogP) is 9.06. The minimum absolute atomic E-state index is 1.21. The van der Waals surface area contributed by atoms with E-state index < -0.39 is 0 Å². The Bertz CT molecular complexity index is 1700. The summed E-state index contributed by atoms with van der Waals surface area (Å²) in [5, 5.41) is 13.5. The molecule has 1 heteroatoms. The van der Waals surface area contributed by atoms with Gasteiger partial charge in [0.25, 0.3) is 0 Å². The number of aromatic nitrogens is 1. The van der Waals surface area contributed by atoms with E-state index in [1.165, 1.54) is 64.9 Å². The van der Waals surface area contributed by atoms with E-state index >= 15 is 0 Å². The molecule has 7 aromatic carbocycles. The monoisotopic (exact) mass is 419 g/mol. The Balaban J connectivity index is 0.000000127. The van der Waals surface area contributed by atoms with E-state index in [-0.39, 0.29) is 0 Å². The number of aromatic amines is 1. The van der Waals surface area contributed by atoms with Crippen LogP contribution in [0.2, 0.25) is 0 Å².